The molecule has 0 fully saturated rings. The van der Waals surface area contributed by atoms with E-state index in [1.54, 1.807) is 18.2 Å². The highest BCUT2D eigenvalue weighted by atomic mass is 32.2. The van der Waals surface area contributed by atoms with Gasteiger partial charge in [-0.05, 0) is 24.3 Å². The molecule has 1 aromatic carbocycles. The summed E-state index contributed by atoms with van der Waals surface area (Å²) in [5.74, 6) is -0.610. The van der Waals surface area contributed by atoms with Crippen molar-refractivity contribution in [3.05, 3.63) is 53.7 Å². The molecule has 0 spiro atoms. The van der Waals surface area contributed by atoms with Gasteiger partial charge in [0.1, 0.15) is 10.7 Å². The summed E-state index contributed by atoms with van der Waals surface area (Å²) < 4.78 is 66.7. The second-order valence-electron chi connectivity index (χ2n) is 6.42. The topological polar surface area (TPSA) is 104 Å². The summed E-state index contributed by atoms with van der Waals surface area (Å²) >= 11 is 0. The Labute approximate surface area is 170 Å². The van der Waals surface area contributed by atoms with E-state index in [0.29, 0.717) is 5.56 Å². The third-order valence-corrected chi connectivity index (χ3v) is 5.53. The maximum Gasteiger partial charge on any atom is 0.419 e. The van der Waals surface area contributed by atoms with E-state index in [2.05, 4.69) is 20.0 Å². The van der Waals surface area contributed by atoms with Gasteiger partial charge in [-0.3, -0.25) is 4.79 Å². The van der Waals surface area contributed by atoms with Crippen LogP contribution in [0.25, 0.3) is 0 Å². The Morgan fingerprint density at radius 1 is 1.13 bits per heavy atom. The third kappa shape index (κ3) is 4.70. The molecule has 1 aliphatic rings. The molecule has 2 heterocycles. The number of halogens is 3. The Bertz CT molecular complexity index is 1090. The lowest BCUT2D eigenvalue weighted by Gasteiger charge is -2.18. The van der Waals surface area contributed by atoms with Crippen LogP contribution in [0.5, 0.6) is 0 Å². The van der Waals surface area contributed by atoms with Gasteiger partial charge < -0.3 is 15.5 Å². The highest BCUT2D eigenvalue weighted by Crippen LogP contribution is 2.33. The number of rotatable bonds is 6. The average molecular weight is 441 g/mol. The summed E-state index contributed by atoms with van der Waals surface area (Å²) in [6, 6.07) is 8.39. The molecule has 1 aromatic heterocycles. The smallest absolute Gasteiger partial charge is 0.368 e. The summed E-state index contributed by atoms with van der Waals surface area (Å²) in [7, 11) is -2.27. The van der Waals surface area contributed by atoms with Crippen molar-refractivity contribution in [2.24, 2.45) is 4.40 Å². The van der Waals surface area contributed by atoms with E-state index in [-0.39, 0.29) is 36.2 Å². The number of amidine groups is 1. The van der Waals surface area contributed by atoms with Crippen LogP contribution in [-0.4, -0.2) is 56.7 Å². The minimum atomic E-state index is -4.54. The van der Waals surface area contributed by atoms with Crippen molar-refractivity contribution in [2.75, 3.05) is 32.0 Å². The van der Waals surface area contributed by atoms with E-state index in [9.17, 15) is 26.4 Å². The number of aromatic nitrogens is 1. The summed E-state index contributed by atoms with van der Waals surface area (Å²) in [5, 5.41) is 5.10. The van der Waals surface area contributed by atoms with E-state index in [1.807, 2.05) is 0 Å². The molecule has 2 aromatic rings. The van der Waals surface area contributed by atoms with E-state index in [4.69, 9.17) is 0 Å². The van der Waals surface area contributed by atoms with E-state index < -0.39 is 27.7 Å². The van der Waals surface area contributed by atoms with Gasteiger partial charge in [0.25, 0.3) is 10.0 Å². The van der Waals surface area contributed by atoms with E-state index in [0.717, 1.165) is 6.07 Å². The molecule has 0 bridgehead atoms. The molecule has 0 atom stereocenters. The molecule has 1 amide bonds. The molecule has 0 saturated heterocycles. The van der Waals surface area contributed by atoms with Crippen LogP contribution >= 0.6 is 0 Å². The number of sulfonamides is 1. The Hall–Kier alpha value is -3.15. The van der Waals surface area contributed by atoms with Gasteiger partial charge in [-0.25, -0.2) is 4.98 Å². The highest BCUT2D eigenvalue weighted by molar-refractivity contribution is 7.90. The van der Waals surface area contributed by atoms with Crippen molar-refractivity contribution in [2.45, 2.75) is 11.1 Å². The molecule has 0 radical (unpaired) electrons. The Balaban J connectivity index is 1.53. The first-order valence-electron chi connectivity index (χ1n) is 8.78. The quantitative estimate of drug-likeness (QED) is 0.662. The van der Waals surface area contributed by atoms with Gasteiger partial charge in [0.2, 0.25) is 5.91 Å². The van der Waals surface area contributed by atoms with Gasteiger partial charge in [0, 0.05) is 31.9 Å². The van der Waals surface area contributed by atoms with Crippen LogP contribution in [0.2, 0.25) is 0 Å². The fraction of sp³-hybridized carbons (Fsp3) is 0.278. The van der Waals surface area contributed by atoms with Crippen molar-refractivity contribution in [3.63, 3.8) is 0 Å². The zero-order valence-electron chi connectivity index (χ0n) is 15.8. The first-order valence-corrected chi connectivity index (χ1v) is 10.2. The van der Waals surface area contributed by atoms with Gasteiger partial charge >= 0.3 is 6.18 Å². The van der Waals surface area contributed by atoms with Crippen LogP contribution in [-0.2, 0) is 21.0 Å². The zero-order chi connectivity index (χ0) is 21.9. The monoisotopic (exact) mass is 441 g/mol. The number of benzene rings is 1. The number of nitrogens with one attached hydrogen (secondary N) is 2. The second-order valence-corrected chi connectivity index (χ2v) is 7.99. The summed E-state index contributed by atoms with van der Waals surface area (Å²) in [6.45, 7) is -0.115. The minimum Gasteiger partial charge on any atom is -0.368 e. The fourth-order valence-electron chi connectivity index (χ4n) is 2.87. The number of carbonyl (C=O) groups excluding carboxylic acids is 1. The van der Waals surface area contributed by atoms with Crippen LogP contribution in [0.15, 0.2) is 51.9 Å². The van der Waals surface area contributed by atoms with Crippen LogP contribution < -0.4 is 10.6 Å². The van der Waals surface area contributed by atoms with Crippen LogP contribution in [0.3, 0.4) is 0 Å². The second kappa shape index (κ2) is 8.30. The number of hydrogen-bond donors (Lipinski definition) is 2. The summed E-state index contributed by atoms with van der Waals surface area (Å²) in [6.07, 6.45) is -3.31. The van der Waals surface area contributed by atoms with Crippen molar-refractivity contribution < 1.29 is 26.4 Å². The van der Waals surface area contributed by atoms with Gasteiger partial charge in [0.15, 0.2) is 5.84 Å². The van der Waals surface area contributed by atoms with Crippen molar-refractivity contribution in [1.82, 2.24) is 15.2 Å². The predicted molar refractivity (Wildman–Crippen MR) is 104 cm³/mol. The van der Waals surface area contributed by atoms with E-state index >= 15 is 0 Å². The van der Waals surface area contributed by atoms with Gasteiger partial charge in [-0.2, -0.15) is 21.6 Å². The molecule has 0 unspecified atom stereocenters. The largest absolute Gasteiger partial charge is 0.419 e. The molecule has 0 aliphatic carbocycles. The first kappa shape index (κ1) is 21.6. The molecule has 8 nitrogen and oxygen atoms in total. The fourth-order valence-corrected chi connectivity index (χ4v) is 4.12. The molecule has 1 aliphatic heterocycles. The molecule has 12 heteroatoms. The minimum absolute atomic E-state index is 0.0215. The van der Waals surface area contributed by atoms with Crippen molar-refractivity contribution >= 4 is 27.6 Å². The number of fused-ring (bicyclic) bond motifs is 1. The Morgan fingerprint density at radius 2 is 1.87 bits per heavy atom. The van der Waals surface area contributed by atoms with Gasteiger partial charge in [0.05, 0.1) is 12.1 Å². The lowest BCUT2D eigenvalue weighted by Crippen LogP contribution is -2.39. The lowest BCUT2D eigenvalue weighted by atomic mass is 10.2. The summed E-state index contributed by atoms with van der Waals surface area (Å²) in [5.41, 5.74) is -0.487. The number of carbonyl (C=O) groups is 1. The van der Waals surface area contributed by atoms with Crippen LogP contribution in [0, 0.1) is 0 Å². The lowest BCUT2D eigenvalue weighted by molar-refractivity contribution is -0.137. The number of pyridine rings is 1. The van der Waals surface area contributed by atoms with Gasteiger partial charge in [-0.15, -0.1) is 4.40 Å². The number of amides is 1. The number of anilines is 1. The standard InChI is InChI=1S/C18H18F3N5O3S/c1-26(17-12-5-2-3-7-14(12)30(28,29)25-17)11-15(27)22-9-10-24-16-13(18(19,20)21)6-4-8-23-16/h2-8H,9-11H2,1H3,(H,22,27)(H,23,24). The molecule has 30 heavy (non-hydrogen) atoms. The number of alkyl halides is 3. The number of nitrogens with zero attached hydrogens (tertiary/aromatic N) is 3. The predicted octanol–water partition coefficient (Wildman–Crippen LogP) is 1.71. The first-order chi connectivity index (χ1) is 14.1. The number of likely N-dealkylation sites (N-methyl/N-ethyl adjacent to an activating group) is 1. The van der Waals surface area contributed by atoms with E-state index in [1.165, 1.54) is 30.3 Å². The summed E-state index contributed by atoms with van der Waals surface area (Å²) in [4.78, 5) is 17.3. The molecular formula is C18H18F3N5O3S. The maximum atomic E-state index is 12.9. The number of hydrogen-bond acceptors (Lipinski definition) is 6. The molecule has 2 N–H and O–H groups in total. The molecule has 160 valence electrons. The maximum absolute atomic E-state index is 12.9. The van der Waals surface area contributed by atoms with Crippen LogP contribution in [0.4, 0.5) is 19.0 Å². The highest BCUT2D eigenvalue weighted by Gasteiger charge is 2.34. The zero-order valence-corrected chi connectivity index (χ0v) is 16.6. The molecular weight excluding hydrogens is 423 g/mol. The van der Waals surface area contributed by atoms with Crippen LogP contribution in [0.1, 0.15) is 11.1 Å². The SMILES string of the molecule is CN(CC(=O)NCCNc1ncccc1C(F)(F)F)C1=NS(=O)(=O)c2ccccc21. The van der Waals surface area contributed by atoms with Crippen molar-refractivity contribution in [3.8, 4) is 0 Å². The Morgan fingerprint density at radius 3 is 2.60 bits per heavy atom. The normalized spacial score (nSPS) is 14.6. The average Bonchev–Trinajstić information content (AvgIpc) is 2.96. The molecule has 0 saturated carbocycles. The molecule has 3 rings (SSSR count). The van der Waals surface area contributed by atoms with Gasteiger partial charge in [-0.1, -0.05) is 12.1 Å². The Kier molecular flexibility index (Phi) is 5.97. The third-order valence-electron chi connectivity index (χ3n) is 4.21. The van der Waals surface area contributed by atoms with Crippen molar-refractivity contribution in [1.29, 1.82) is 0 Å².